The summed E-state index contributed by atoms with van der Waals surface area (Å²) >= 11 is 0. The highest BCUT2D eigenvalue weighted by molar-refractivity contribution is 5.27. The van der Waals surface area contributed by atoms with Crippen molar-refractivity contribution >= 4 is 0 Å². The van der Waals surface area contributed by atoms with Gasteiger partial charge in [-0.3, -0.25) is 4.68 Å². The molecule has 0 radical (unpaired) electrons. The highest BCUT2D eigenvalue weighted by Crippen LogP contribution is 2.31. The first-order valence-electron chi connectivity index (χ1n) is 4.23. The van der Waals surface area contributed by atoms with Gasteiger partial charge >= 0.3 is 6.18 Å². The number of hydrogen-bond acceptors (Lipinski definition) is 3. The van der Waals surface area contributed by atoms with Gasteiger partial charge in [0.25, 0.3) is 0 Å². The molecule has 1 atom stereocenters. The van der Waals surface area contributed by atoms with Crippen LogP contribution in [0.5, 0.6) is 5.75 Å². The van der Waals surface area contributed by atoms with Crippen LogP contribution in [0.4, 0.5) is 13.2 Å². The third kappa shape index (κ3) is 2.85. The molecule has 1 heterocycles. The lowest BCUT2D eigenvalue weighted by Crippen LogP contribution is -2.22. The summed E-state index contributed by atoms with van der Waals surface area (Å²) in [6.45, 7) is 0. The number of ether oxygens (including phenoxy) is 1. The standard InChI is InChI=1S/C8H12F3N3O/c1-14-7(6(15-2)4-13-14)5(12)3-8(9,10)11/h4-5H,3,12H2,1-2H3. The van der Waals surface area contributed by atoms with Gasteiger partial charge in [0.1, 0.15) is 0 Å². The van der Waals surface area contributed by atoms with E-state index in [1.807, 2.05) is 0 Å². The van der Waals surface area contributed by atoms with Crippen LogP contribution >= 0.6 is 0 Å². The Morgan fingerprint density at radius 3 is 2.67 bits per heavy atom. The number of methoxy groups -OCH3 is 1. The summed E-state index contributed by atoms with van der Waals surface area (Å²) in [7, 11) is 2.88. The van der Waals surface area contributed by atoms with E-state index in [0.717, 1.165) is 0 Å². The topological polar surface area (TPSA) is 53.1 Å². The number of halogens is 3. The van der Waals surface area contributed by atoms with Gasteiger partial charge in [-0.25, -0.2) is 0 Å². The quantitative estimate of drug-likeness (QED) is 0.842. The Balaban J connectivity index is 2.90. The molecule has 1 aromatic heterocycles. The van der Waals surface area contributed by atoms with Gasteiger partial charge in [-0.1, -0.05) is 0 Å². The second kappa shape index (κ2) is 4.09. The zero-order valence-corrected chi connectivity index (χ0v) is 8.38. The molecule has 0 amide bonds. The van der Waals surface area contributed by atoms with Gasteiger partial charge in [-0.05, 0) is 0 Å². The van der Waals surface area contributed by atoms with Crippen molar-refractivity contribution in [3.63, 3.8) is 0 Å². The van der Waals surface area contributed by atoms with Gasteiger partial charge < -0.3 is 10.5 Å². The molecule has 4 nitrogen and oxygen atoms in total. The van der Waals surface area contributed by atoms with Crippen LogP contribution in [0.15, 0.2) is 6.20 Å². The van der Waals surface area contributed by atoms with Crippen LogP contribution in [0.1, 0.15) is 18.2 Å². The SMILES string of the molecule is COc1cnn(C)c1C(N)CC(F)(F)F. The van der Waals surface area contributed by atoms with Crippen LogP contribution in [0, 0.1) is 0 Å². The first-order chi connectivity index (χ1) is 6.85. The summed E-state index contributed by atoms with van der Waals surface area (Å²) < 4.78 is 42.5. The average molecular weight is 223 g/mol. The minimum absolute atomic E-state index is 0.245. The number of rotatable bonds is 3. The minimum Gasteiger partial charge on any atom is -0.493 e. The maximum Gasteiger partial charge on any atom is 0.390 e. The third-order valence-corrected chi connectivity index (χ3v) is 1.97. The Kier molecular flexibility index (Phi) is 3.23. The fourth-order valence-corrected chi connectivity index (χ4v) is 1.35. The summed E-state index contributed by atoms with van der Waals surface area (Å²) in [6, 6.07) is -1.16. The van der Waals surface area contributed by atoms with E-state index in [-0.39, 0.29) is 11.4 Å². The molecule has 0 aromatic carbocycles. The smallest absolute Gasteiger partial charge is 0.390 e. The molecule has 1 aromatic rings. The summed E-state index contributed by atoms with van der Waals surface area (Å²) in [5, 5.41) is 3.78. The van der Waals surface area contributed by atoms with Crippen molar-refractivity contribution in [2.45, 2.75) is 18.6 Å². The van der Waals surface area contributed by atoms with Crippen LogP contribution < -0.4 is 10.5 Å². The molecule has 0 aliphatic carbocycles. The zero-order chi connectivity index (χ0) is 11.6. The fraction of sp³-hybridized carbons (Fsp3) is 0.625. The van der Waals surface area contributed by atoms with Crippen molar-refractivity contribution in [3.05, 3.63) is 11.9 Å². The normalized spacial score (nSPS) is 14.0. The lowest BCUT2D eigenvalue weighted by atomic mass is 10.1. The number of alkyl halides is 3. The Hall–Kier alpha value is -1.24. The Morgan fingerprint density at radius 1 is 1.60 bits per heavy atom. The maximum absolute atomic E-state index is 12.1. The van der Waals surface area contributed by atoms with E-state index >= 15 is 0 Å². The molecule has 0 fully saturated rings. The van der Waals surface area contributed by atoms with E-state index < -0.39 is 18.6 Å². The predicted octanol–water partition coefficient (Wildman–Crippen LogP) is 1.38. The third-order valence-electron chi connectivity index (χ3n) is 1.97. The molecule has 0 saturated carbocycles. The summed E-state index contributed by atoms with van der Waals surface area (Å²) in [6.07, 6.45) is -4.05. The molecule has 2 N–H and O–H groups in total. The van der Waals surface area contributed by atoms with E-state index in [9.17, 15) is 13.2 Å². The molecule has 1 rings (SSSR count). The number of nitrogens with two attached hydrogens (primary N) is 1. The predicted molar refractivity (Wildman–Crippen MR) is 47.4 cm³/mol. The second-order valence-corrected chi connectivity index (χ2v) is 3.15. The molecule has 1 unspecified atom stereocenters. The van der Waals surface area contributed by atoms with Gasteiger partial charge in [-0.2, -0.15) is 18.3 Å². The lowest BCUT2D eigenvalue weighted by Gasteiger charge is -2.15. The lowest BCUT2D eigenvalue weighted by molar-refractivity contribution is -0.138. The average Bonchev–Trinajstić information content (AvgIpc) is 2.43. The van der Waals surface area contributed by atoms with Crippen LogP contribution in [-0.2, 0) is 7.05 Å². The van der Waals surface area contributed by atoms with Gasteiger partial charge in [0, 0.05) is 7.05 Å². The fourth-order valence-electron chi connectivity index (χ4n) is 1.35. The van der Waals surface area contributed by atoms with Crippen molar-refractivity contribution in [3.8, 4) is 5.75 Å². The molecule has 86 valence electrons. The van der Waals surface area contributed by atoms with Crippen molar-refractivity contribution < 1.29 is 17.9 Å². The zero-order valence-electron chi connectivity index (χ0n) is 8.38. The Morgan fingerprint density at radius 2 is 2.20 bits per heavy atom. The van der Waals surface area contributed by atoms with Crippen LogP contribution in [0.2, 0.25) is 0 Å². The maximum atomic E-state index is 12.1. The largest absolute Gasteiger partial charge is 0.493 e. The molecule has 7 heteroatoms. The van der Waals surface area contributed by atoms with Gasteiger partial charge in [-0.15, -0.1) is 0 Å². The van der Waals surface area contributed by atoms with Crippen molar-refractivity contribution in [1.29, 1.82) is 0 Å². The number of aryl methyl sites for hydroxylation is 1. The Bertz CT molecular complexity index is 334. The molecular formula is C8H12F3N3O. The highest BCUT2D eigenvalue weighted by atomic mass is 19.4. The number of hydrogen-bond donors (Lipinski definition) is 1. The minimum atomic E-state index is -4.30. The van der Waals surface area contributed by atoms with Crippen LogP contribution in [0.3, 0.4) is 0 Å². The molecular weight excluding hydrogens is 211 g/mol. The van der Waals surface area contributed by atoms with Crippen LogP contribution in [0.25, 0.3) is 0 Å². The van der Waals surface area contributed by atoms with E-state index in [0.29, 0.717) is 0 Å². The summed E-state index contributed by atoms with van der Waals surface area (Å²) in [4.78, 5) is 0. The molecule has 0 aliphatic heterocycles. The van der Waals surface area contributed by atoms with E-state index in [1.54, 1.807) is 0 Å². The van der Waals surface area contributed by atoms with Crippen molar-refractivity contribution in [2.24, 2.45) is 12.8 Å². The molecule has 0 saturated heterocycles. The molecule has 0 spiro atoms. The van der Waals surface area contributed by atoms with E-state index in [2.05, 4.69) is 5.10 Å². The van der Waals surface area contributed by atoms with Gasteiger partial charge in [0.05, 0.1) is 31.5 Å². The Labute approximate surface area is 84.8 Å². The van der Waals surface area contributed by atoms with Crippen molar-refractivity contribution in [2.75, 3.05) is 7.11 Å². The molecule has 0 bridgehead atoms. The van der Waals surface area contributed by atoms with Crippen molar-refractivity contribution in [1.82, 2.24) is 9.78 Å². The van der Waals surface area contributed by atoms with E-state index in [1.165, 1.54) is 25.0 Å². The summed E-state index contributed by atoms with van der Waals surface area (Å²) in [5.74, 6) is 0.272. The highest BCUT2D eigenvalue weighted by Gasteiger charge is 2.33. The second-order valence-electron chi connectivity index (χ2n) is 3.15. The first-order valence-corrected chi connectivity index (χ1v) is 4.23. The summed E-state index contributed by atoms with van der Waals surface area (Å²) in [5.41, 5.74) is 5.69. The molecule has 0 aliphatic rings. The monoisotopic (exact) mass is 223 g/mol. The molecule has 15 heavy (non-hydrogen) atoms. The number of aromatic nitrogens is 2. The number of nitrogens with zero attached hydrogens (tertiary/aromatic N) is 2. The van der Waals surface area contributed by atoms with Gasteiger partial charge in [0.15, 0.2) is 5.75 Å². The van der Waals surface area contributed by atoms with Gasteiger partial charge in [0.2, 0.25) is 0 Å². The first kappa shape index (κ1) is 11.8. The van der Waals surface area contributed by atoms with E-state index in [4.69, 9.17) is 10.5 Å². The van der Waals surface area contributed by atoms with Crippen LogP contribution in [-0.4, -0.2) is 23.1 Å².